The van der Waals surface area contributed by atoms with Crippen molar-refractivity contribution in [2.24, 2.45) is 0 Å². The van der Waals surface area contributed by atoms with Crippen LogP contribution in [-0.4, -0.2) is 25.6 Å². The van der Waals surface area contributed by atoms with Gasteiger partial charge in [-0.1, -0.05) is 71.9 Å². The second kappa shape index (κ2) is 10.7. The van der Waals surface area contributed by atoms with E-state index in [0.717, 1.165) is 11.1 Å². The first kappa shape index (κ1) is 25.5. The molecule has 4 aromatic rings. The fourth-order valence-electron chi connectivity index (χ4n) is 4.26. The predicted molar refractivity (Wildman–Crippen MR) is 148 cm³/mol. The van der Waals surface area contributed by atoms with Gasteiger partial charge < -0.3 is 10.6 Å². The molecule has 5 rings (SSSR count). The third-order valence-electron chi connectivity index (χ3n) is 6.18. The molecule has 0 saturated heterocycles. The number of nitrogens with zero attached hydrogens (tertiary/aromatic N) is 4. The van der Waals surface area contributed by atoms with Gasteiger partial charge in [0.2, 0.25) is 11.1 Å². The molecule has 0 spiro atoms. The molecule has 0 fully saturated rings. The summed E-state index contributed by atoms with van der Waals surface area (Å²) in [5, 5.41) is 23.6. The summed E-state index contributed by atoms with van der Waals surface area (Å²) in [6.45, 7) is 3.69. The van der Waals surface area contributed by atoms with E-state index in [9.17, 15) is 14.9 Å². The van der Waals surface area contributed by atoms with Crippen molar-refractivity contribution in [2.45, 2.75) is 30.8 Å². The zero-order valence-electron chi connectivity index (χ0n) is 20.5. The highest BCUT2D eigenvalue weighted by atomic mass is 35.5. The minimum Gasteiger partial charge on any atom is -0.328 e. The zero-order valence-corrected chi connectivity index (χ0v) is 22.1. The number of amides is 1. The maximum Gasteiger partial charge on any atom is 0.269 e. The maximum atomic E-state index is 13.7. The molecule has 1 amide bonds. The fraction of sp³-hybridized carbons (Fsp3) is 0.148. The molecule has 1 aliphatic rings. The summed E-state index contributed by atoms with van der Waals surface area (Å²) in [4.78, 5) is 29.4. The minimum atomic E-state index is -0.739. The quantitative estimate of drug-likeness (QED) is 0.157. The molecule has 0 bridgehead atoms. The molecule has 1 atom stereocenters. The number of benzene rings is 3. The van der Waals surface area contributed by atoms with Crippen LogP contribution in [0, 0.1) is 17.0 Å². The lowest BCUT2D eigenvalue weighted by molar-refractivity contribution is -0.384. The molecule has 0 saturated carbocycles. The first-order chi connectivity index (χ1) is 18.3. The Morgan fingerprint density at radius 1 is 1.13 bits per heavy atom. The van der Waals surface area contributed by atoms with Crippen molar-refractivity contribution in [3.8, 4) is 0 Å². The van der Waals surface area contributed by atoms with Crippen LogP contribution in [0.3, 0.4) is 0 Å². The number of hydrogen-bond acceptors (Lipinski definition) is 7. The van der Waals surface area contributed by atoms with E-state index in [-0.39, 0.29) is 11.6 Å². The molecule has 2 heterocycles. The molecule has 11 heteroatoms. The molecule has 3 aromatic carbocycles. The van der Waals surface area contributed by atoms with Gasteiger partial charge in [-0.2, -0.15) is 4.98 Å². The van der Waals surface area contributed by atoms with Gasteiger partial charge in [-0.05, 0) is 42.7 Å². The number of carbonyl (C=O) groups excluding carboxylic acids is 1. The van der Waals surface area contributed by atoms with Crippen LogP contribution in [0.25, 0.3) is 0 Å². The van der Waals surface area contributed by atoms with Crippen LogP contribution in [0.15, 0.2) is 89.2 Å². The van der Waals surface area contributed by atoms with E-state index in [2.05, 4.69) is 15.6 Å². The summed E-state index contributed by atoms with van der Waals surface area (Å²) in [5.74, 6) is 0.651. The van der Waals surface area contributed by atoms with Gasteiger partial charge in [0.25, 0.3) is 11.6 Å². The van der Waals surface area contributed by atoms with E-state index in [1.807, 2.05) is 55.5 Å². The van der Waals surface area contributed by atoms with Crippen LogP contribution < -0.4 is 10.6 Å². The number of halogens is 1. The second-order valence-corrected chi connectivity index (χ2v) is 10.1. The smallest absolute Gasteiger partial charge is 0.269 e. The Balaban J connectivity index is 1.54. The minimum absolute atomic E-state index is 0.0765. The van der Waals surface area contributed by atoms with Crippen molar-refractivity contribution in [3.63, 3.8) is 0 Å². The molecule has 38 heavy (non-hydrogen) atoms. The third kappa shape index (κ3) is 5.13. The fourth-order valence-corrected chi connectivity index (χ4v) is 5.38. The standard InChI is InChI=1S/C27H23ClN6O3S/c1-16-8-3-6-13-22(16)30-25(35)23-17(2)29-26-31-27(38-15-19-9-4-5-12-21(19)28)32-33(26)24(23)18-10-7-11-20(14-18)34(36)37/h3-14,24H,15H2,1-2H3,(H,30,35)(H,29,31,32). The van der Waals surface area contributed by atoms with Gasteiger partial charge >= 0.3 is 0 Å². The van der Waals surface area contributed by atoms with E-state index in [1.165, 1.54) is 23.9 Å². The lowest BCUT2D eigenvalue weighted by Crippen LogP contribution is -2.31. The van der Waals surface area contributed by atoms with E-state index in [4.69, 9.17) is 16.7 Å². The molecule has 1 aromatic heterocycles. The van der Waals surface area contributed by atoms with Gasteiger partial charge in [0.15, 0.2) is 0 Å². The molecule has 0 aliphatic carbocycles. The van der Waals surface area contributed by atoms with Crippen molar-refractivity contribution in [3.05, 3.63) is 116 Å². The average Bonchev–Trinajstić information content (AvgIpc) is 3.31. The van der Waals surface area contributed by atoms with Gasteiger partial charge in [0, 0.05) is 34.3 Å². The van der Waals surface area contributed by atoms with Crippen molar-refractivity contribution in [1.82, 2.24) is 14.8 Å². The molecule has 192 valence electrons. The van der Waals surface area contributed by atoms with E-state index < -0.39 is 11.0 Å². The topological polar surface area (TPSA) is 115 Å². The molecule has 1 unspecified atom stereocenters. The summed E-state index contributed by atoms with van der Waals surface area (Å²) >= 11 is 7.72. The van der Waals surface area contributed by atoms with Gasteiger partial charge in [0.05, 0.1) is 10.5 Å². The third-order valence-corrected chi connectivity index (χ3v) is 7.44. The molecule has 0 radical (unpaired) electrons. The highest BCUT2D eigenvalue weighted by Gasteiger charge is 2.35. The maximum absolute atomic E-state index is 13.7. The van der Waals surface area contributed by atoms with Crippen molar-refractivity contribution in [2.75, 3.05) is 10.6 Å². The number of anilines is 2. The Morgan fingerprint density at radius 3 is 2.66 bits per heavy atom. The summed E-state index contributed by atoms with van der Waals surface area (Å²) in [6.07, 6.45) is 0. The van der Waals surface area contributed by atoms with Crippen LogP contribution in [-0.2, 0) is 10.5 Å². The van der Waals surface area contributed by atoms with Crippen LogP contribution in [0.5, 0.6) is 0 Å². The van der Waals surface area contributed by atoms with Crippen molar-refractivity contribution >= 4 is 46.6 Å². The largest absolute Gasteiger partial charge is 0.328 e. The first-order valence-electron chi connectivity index (χ1n) is 11.7. The Labute approximate surface area is 228 Å². The number of para-hydroxylation sites is 1. The number of hydrogen-bond donors (Lipinski definition) is 2. The molecule has 2 N–H and O–H groups in total. The number of carbonyl (C=O) groups is 1. The number of aromatic nitrogens is 3. The van der Waals surface area contributed by atoms with Crippen molar-refractivity contribution in [1.29, 1.82) is 0 Å². The van der Waals surface area contributed by atoms with Gasteiger partial charge in [-0.15, -0.1) is 5.10 Å². The predicted octanol–water partition coefficient (Wildman–Crippen LogP) is 6.37. The number of thioether (sulfide) groups is 1. The van der Waals surface area contributed by atoms with E-state index >= 15 is 0 Å². The number of fused-ring (bicyclic) bond motifs is 1. The Kier molecular flexibility index (Phi) is 7.17. The summed E-state index contributed by atoms with van der Waals surface area (Å²) in [7, 11) is 0. The van der Waals surface area contributed by atoms with Crippen LogP contribution in [0.2, 0.25) is 5.02 Å². The summed E-state index contributed by atoms with van der Waals surface area (Å²) in [5.41, 5.74) is 3.97. The number of rotatable bonds is 7. The normalized spacial score (nSPS) is 14.6. The number of aryl methyl sites for hydroxylation is 1. The zero-order chi connectivity index (χ0) is 26.8. The van der Waals surface area contributed by atoms with Gasteiger partial charge in [-0.25, -0.2) is 4.68 Å². The van der Waals surface area contributed by atoms with Crippen LogP contribution >= 0.6 is 23.4 Å². The molecular formula is C27H23ClN6O3S. The SMILES string of the molecule is CC1=C(C(=O)Nc2ccccc2C)C(c2cccc([N+](=O)[O-])c2)n2nc(SCc3ccccc3Cl)nc2N1. The first-order valence-corrected chi connectivity index (χ1v) is 13.1. The number of non-ortho nitro benzene ring substituents is 1. The molecule has 1 aliphatic heterocycles. The van der Waals surface area contributed by atoms with Crippen LogP contribution in [0.4, 0.5) is 17.3 Å². The van der Waals surface area contributed by atoms with Crippen LogP contribution in [0.1, 0.15) is 29.7 Å². The highest BCUT2D eigenvalue weighted by Crippen LogP contribution is 2.38. The lowest BCUT2D eigenvalue weighted by Gasteiger charge is -2.28. The Morgan fingerprint density at radius 2 is 1.89 bits per heavy atom. The number of allylic oxidation sites excluding steroid dienone is 1. The number of nitro groups is 1. The van der Waals surface area contributed by atoms with Gasteiger partial charge in [-0.3, -0.25) is 14.9 Å². The Hall–Kier alpha value is -4.15. The highest BCUT2D eigenvalue weighted by molar-refractivity contribution is 7.98. The average molecular weight is 547 g/mol. The summed E-state index contributed by atoms with van der Waals surface area (Å²) < 4.78 is 1.60. The van der Waals surface area contributed by atoms with E-state index in [0.29, 0.717) is 44.4 Å². The summed E-state index contributed by atoms with van der Waals surface area (Å²) in [6, 6.07) is 20.5. The molecule has 9 nitrogen and oxygen atoms in total. The monoisotopic (exact) mass is 546 g/mol. The number of nitrogens with one attached hydrogen (secondary N) is 2. The second-order valence-electron chi connectivity index (χ2n) is 8.73. The number of nitro benzene ring substituents is 1. The van der Waals surface area contributed by atoms with Crippen molar-refractivity contribution < 1.29 is 9.72 Å². The Bertz CT molecular complexity index is 1580. The van der Waals surface area contributed by atoms with Gasteiger partial charge in [0.1, 0.15) is 6.04 Å². The lowest BCUT2D eigenvalue weighted by atomic mass is 9.94. The van der Waals surface area contributed by atoms with E-state index in [1.54, 1.807) is 23.7 Å². The molecular weight excluding hydrogens is 524 g/mol.